The van der Waals surface area contributed by atoms with Crippen LogP contribution in [0, 0.1) is 10.1 Å². The summed E-state index contributed by atoms with van der Waals surface area (Å²) in [6, 6.07) is 9.94. The standard InChI is InChI=1S/C19H17N3O5S/c1-3-11-4-6-13(7-5-11)20-19-21-18(24)16(28-19)9-12-8-14(22(25)26)10-15(27-2)17(12)23/h4-10,23H,3H2,1-2H3,(H,20,21,24)/b16-9+. The summed E-state index contributed by atoms with van der Waals surface area (Å²) in [6.45, 7) is 2.06. The molecule has 0 atom stereocenters. The minimum atomic E-state index is -0.599. The number of nitrogens with one attached hydrogen (secondary N) is 1. The van der Waals surface area contributed by atoms with Crippen LogP contribution in [0.1, 0.15) is 18.1 Å². The normalized spacial score (nSPS) is 16.4. The topological polar surface area (TPSA) is 114 Å². The molecule has 0 bridgehead atoms. The highest BCUT2D eigenvalue weighted by molar-refractivity contribution is 8.18. The fraction of sp³-hybridized carbons (Fsp3) is 0.158. The first-order chi connectivity index (χ1) is 13.4. The number of aliphatic imine (C=N–C) groups is 1. The Hall–Kier alpha value is -3.33. The van der Waals surface area contributed by atoms with E-state index in [9.17, 15) is 20.0 Å². The summed E-state index contributed by atoms with van der Waals surface area (Å²) >= 11 is 1.08. The third-order valence-corrected chi connectivity index (χ3v) is 4.94. The Labute approximate surface area is 165 Å². The highest BCUT2D eigenvalue weighted by Gasteiger charge is 2.25. The van der Waals surface area contributed by atoms with Crippen molar-refractivity contribution in [1.82, 2.24) is 5.32 Å². The summed E-state index contributed by atoms with van der Waals surface area (Å²) in [5.74, 6) is -0.734. The molecule has 0 aromatic heterocycles. The number of aromatic hydroxyl groups is 1. The van der Waals surface area contributed by atoms with Crippen molar-refractivity contribution < 1.29 is 19.6 Å². The molecule has 0 aliphatic carbocycles. The number of aryl methyl sites for hydroxylation is 1. The smallest absolute Gasteiger partial charge is 0.274 e. The number of ether oxygens (including phenoxy) is 1. The maximum absolute atomic E-state index is 12.2. The van der Waals surface area contributed by atoms with E-state index in [0.717, 1.165) is 24.2 Å². The number of thioether (sulfide) groups is 1. The molecule has 2 aromatic carbocycles. The molecule has 0 radical (unpaired) electrons. The second-order valence-electron chi connectivity index (χ2n) is 5.84. The van der Waals surface area contributed by atoms with Crippen molar-refractivity contribution in [2.45, 2.75) is 13.3 Å². The van der Waals surface area contributed by atoms with E-state index in [0.29, 0.717) is 10.9 Å². The van der Waals surface area contributed by atoms with E-state index in [4.69, 9.17) is 4.74 Å². The van der Waals surface area contributed by atoms with Crippen LogP contribution >= 0.6 is 11.8 Å². The fourth-order valence-electron chi connectivity index (χ4n) is 2.53. The quantitative estimate of drug-likeness (QED) is 0.449. The van der Waals surface area contributed by atoms with Gasteiger partial charge in [0.05, 0.1) is 28.7 Å². The van der Waals surface area contributed by atoms with Crippen molar-refractivity contribution in [2.24, 2.45) is 4.99 Å². The number of nitro groups is 1. The lowest BCUT2D eigenvalue weighted by Gasteiger charge is -2.06. The van der Waals surface area contributed by atoms with E-state index >= 15 is 0 Å². The van der Waals surface area contributed by atoms with Gasteiger partial charge in [-0.05, 0) is 42.0 Å². The van der Waals surface area contributed by atoms with Crippen LogP contribution < -0.4 is 10.1 Å². The predicted molar refractivity (Wildman–Crippen MR) is 108 cm³/mol. The van der Waals surface area contributed by atoms with E-state index in [1.807, 2.05) is 24.3 Å². The number of methoxy groups -OCH3 is 1. The average molecular weight is 399 g/mol. The first-order valence-corrected chi connectivity index (χ1v) is 9.16. The first kappa shape index (κ1) is 19.4. The molecule has 1 saturated heterocycles. The van der Waals surface area contributed by atoms with Crippen LogP contribution in [0.5, 0.6) is 11.5 Å². The van der Waals surface area contributed by atoms with Gasteiger partial charge >= 0.3 is 0 Å². The van der Waals surface area contributed by atoms with Gasteiger partial charge in [0, 0.05) is 11.6 Å². The Bertz CT molecular complexity index is 999. The lowest BCUT2D eigenvalue weighted by atomic mass is 10.1. The van der Waals surface area contributed by atoms with Crippen molar-refractivity contribution >= 4 is 40.3 Å². The first-order valence-electron chi connectivity index (χ1n) is 8.35. The predicted octanol–water partition coefficient (Wildman–Crippen LogP) is 3.76. The van der Waals surface area contributed by atoms with E-state index in [-0.39, 0.29) is 27.7 Å². The van der Waals surface area contributed by atoms with Crippen LogP contribution in [0.25, 0.3) is 6.08 Å². The third-order valence-electron chi connectivity index (χ3n) is 4.03. The van der Waals surface area contributed by atoms with Gasteiger partial charge in [0.2, 0.25) is 0 Å². The number of carbonyl (C=O) groups is 1. The Morgan fingerprint density at radius 2 is 2.04 bits per heavy atom. The lowest BCUT2D eigenvalue weighted by molar-refractivity contribution is -0.385. The van der Waals surface area contributed by atoms with E-state index in [1.165, 1.54) is 24.8 Å². The van der Waals surface area contributed by atoms with Gasteiger partial charge in [-0.3, -0.25) is 14.9 Å². The fourth-order valence-corrected chi connectivity index (χ4v) is 3.36. The maximum atomic E-state index is 12.2. The van der Waals surface area contributed by atoms with Gasteiger partial charge in [-0.15, -0.1) is 0 Å². The second-order valence-corrected chi connectivity index (χ2v) is 6.88. The lowest BCUT2D eigenvalue weighted by Crippen LogP contribution is -2.19. The van der Waals surface area contributed by atoms with Crippen LogP contribution in [0.4, 0.5) is 11.4 Å². The summed E-state index contributed by atoms with van der Waals surface area (Å²) in [4.78, 5) is 27.4. The van der Waals surface area contributed by atoms with E-state index in [2.05, 4.69) is 17.2 Å². The summed E-state index contributed by atoms with van der Waals surface area (Å²) in [5, 5.41) is 24.3. The number of benzene rings is 2. The number of nitro benzene ring substituents is 1. The summed E-state index contributed by atoms with van der Waals surface area (Å²) in [6.07, 6.45) is 2.29. The zero-order valence-electron chi connectivity index (χ0n) is 15.1. The molecular weight excluding hydrogens is 382 g/mol. The van der Waals surface area contributed by atoms with E-state index in [1.54, 1.807) is 0 Å². The summed E-state index contributed by atoms with van der Waals surface area (Å²) < 4.78 is 4.97. The molecule has 0 unspecified atom stereocenters. The van der Waals surface area contributed by atoms with Gasteiger partial charge in [0.25, 0.3) is 11.6 Å². The van der Waals surface area contributed by atoms with Crippen molar-refractivity contribution in [3.8, 4) is 11.5 Å². The van der Waals surface area contributed by atoms with Crippen molar-refractivity contribution in [1.29, 1.82) is 0 Å². The van der Waals surface area contributed by atoms with Crippen LogP contribution in [0.3, 0.4) is 0 Å². The average Bonchev–Trinajstić information content (AvgIpc) is 3.02. The number of phenols is 1. The van der Waals surface area contributed by atoms with Crippen LogP contribution in [-0.2, 0) is 11.2 Å². The Kier molecular flexibility index (Phi) is 5.65. The number of amides is 1. The van der Waals surface area contributed by atoms with Crippen LogP contribution in [0.15, 0.2) is 46.3 Å². The van der Waals surface area contributed by atoms with Crippen molar-refractivity contribution in [3.05, 3.63) is 62.5 Å². The molecule has 3 rings (SSSR count). The van der Waals surface area contributed by atoms with Crippen LogP contribution in [0.2, 0.25) is 0 Å². The molecule has 1 heterocycles. The summed E-state index contributed by atoms with van der Waals surface area (Å²) in [5.41, 5.74) is 1.73. The Balaban J connectivity index is 1.91. The highest BCUT2D eigenvalue weighted by atomic mass is 32.2. The number of amidine groups is 1. The summed E-state index contributed by atoms with van der Waals surface area (Å²) in [7, 11) is 1.29. The zero-order valence-corrected chi connectivity index (χ0v) is 15.9. The molecule has 1 fully saturated rings. The minimum absolute atomic E-state index is 0.0469. The molecule has 1 aliphatic rings. The van der Waals surface area contributed by atoms with Gasteiger partial charge in [0.1, 0.15) is 0 Å². The number of nitrogens with zero attached hydrogens (tertiary/aromatic N) is 2. The number of carbonyl (C=O) groups excluding carboxylic acids is 1. The Morgan fingerprint density at radius 3 is 2.64 bits per heavy atom. The monoisotopic (exact) mass is 399 g/mol. The number of non-ortho nitro benzene ring substituents is 1. The van der Waals surface area contributed by atoms with Crippen LogP contribution in [-0.4, -0.2) is 28.2 Å². The highest BCUT2D eigenvalue weighted by Crippen LogP contribution is 2.37. The number of rotatable bonds is 5. The zero-order chi connectivity index (χ0) is 20.3. The molecule has 28 heavy (non-hydrogen) atoms. The molecule has 1 aliphatic heterocycles. The SMILES string of the molecule is CCc1ccc(N=C2NC(=O)/C(=C\c3cc([N+](=O)[O-])cc(OC)c3O)S2)cc1. The van der Waals surface area contributed by atoms with Gasteiger partial charge in [0.15, 0.2) is 16.7 Å². The number of phenolic OH excluding ortho intramolecular Hbond substituents is 1. The molecule has 0 saturated carbocycles. The van der Waals surface area contributed by atoms with Gasteiger partial charge in [-0.25, -0.2) is 4.99 Å². The van der Waals surface area contributed by atoms with Gasteiger partial charge in [-0.2, -0.15) is 0 Å². The molecule has 9 heteroatoms. The molecule has 2 N–H and O–H groups in total. The molecular formula is C19H17N3O5S. The minimum Gasteiger partial charge on any atom is -0.504 e. The molecule has 8 nitrogen and oxygen atoms in total. The molecule has 2 aromatic rings. The van der Waals surface area contributed by atoms with Crippen molar-refractivity contribution in [2.75, 3.05) is 7.11 Å². The van der Waals surface area contributed by atoms with Crippen molar-refractivity contribution in [3.63, 3.8) is 0 Å². The van der Waals surface area contributed by atoms with E-state index < -0.39 is 10.8 Å². The Morgan fingerprint density at radius 1 is 1.32 bits per heavy atom. The maximum Gasteiger partial charge on any atom is 0.274 e. The largest absolute Gasteiger partial charge is 0.504 e. The molecule has 0 spiro atoms. The third kappa shape index (κ3) is 4.15. The van der Waals surface area contributed by atoms with Gasteiger partial charge < -0.3 is 15.2 Å². The number of hydrogen-bond donors (Lipinski definition) is 2. The number of hydrogen-bond acceptors (Lipinski definition) is 7. The molecule has 144 valence electrons. The molecule has 1 amide bonds. The second kappa shape index (κ2) is 8.13. The van der Waals surface area contributed by atoms with Gasteiger partial charge in [-0.1, -0.05) is 19.1 Å².